The molecular formula is C39H58Cl2F3N3O2. The van der Waals surface area contributed by atoms with Crippen molar-refractivity contribution < 1.29 is 22.6 Å². The van der Waals surface area contributed by atoms with Gasteiger partial charge in [-0.2, -0.15) is 13.2 Å². The fourth-order valence-electron chi connectivity index (χ4n) is 7.92. The lowest BCUT2D eigenvalue weighted by molar-refractivity contribution is -0.217. The fourth-order valence-corrected chi connectivity index (χ4v) is 7.92. The molecule has 2 aromatic rings. The molecule has 0 saturated carbocycles. The van der Waals surface area contributed by atoms with E-state index in [-0.39, 0.29) is 42.4 Å². The molecule has 2 aromatic carbocycles. The maximum absolute atomic E-state index is 14.2. The Balaban J connectivity index is 0.00000325. The first kappa shape index (κ1) is 41.6. The van der Waals surface area contributed by atoms with E-state index in [1.165, 1.54) is 43.5 Å². The second-order valence-electron chi connectivity index (χ2n) is 15.5. The van der Waals surface area contributed by atoms with E-state index in [1.807, 2.05) is 17.0 Å². The van der Waals surface area contributed by atoms with Gasteiger partial charge in [-0.1, -0.05) is 42.5 Å². The molecular weight excluding hydrogens is 670 g/mol. The maximum Gasteiger partial charge on any atom is 0.395 e. The number of hydrogen-bond acceptors (Lipinski definition) is 5. The van der Waals surface area contributed by atoms with Gasteiger partial charge in [-0.05, 0) is 113 Å². The molecule has 0 unspecified atom stereocenters. The molecule has 2 saturated heterocycles. The van der Waals surface area contributed by atoms with Gasteiger partial charge in [0, 0.05) is 57.8 Å². The molecule has 0 aromatic heterocycles. The van der Waals surface area contributed by atoms with E-state index in [4.69, 9.17) is 9.47 Å². The highest BCUT2D eigenvalue weighted by atomic mass is 35.5. The molecule has 1 N–H and O–H groups in total. The molecule has 49 heavy (non-hydrogen) atoms. The highest BCUT2D eigenvalue weighted by Crippen LogP contribution is 2.45. The first-order valence-corrected chi connectivity index (χ1v) is 17.6. The van der Waals surface area contributed by atoms with Crippen LogP contribution in [0.1, 0.15) is 82.9 Å². The van der Waals surface area contributed by atoms with E-state index in [2.05, 4.69) is 66.5 Å². The zero-order valence-corrected chi connectivity index (χ0v) is 31.7. The number of methoxy groups -OCH3 is 1. The molecule has 2 fully saturated rings. The van der Waals surface area contributed by atoms with Crippen molar-refractivity contribution in [1.29, 1.82) is 0 Å². The van der Waals surface area contributed by atoms with Gasteiger partial charge in [0.15, 0.2) is 0 Å². The standard InChI is InChI=1S/C39H56F3N3O2.2ClH/c1-36(2,39(40,41)42)29-45(22-18-38(19-25-47-37(3,4)28-38)34-14-16-35(46-5)17-15-34)27-31-8-12-33(13-9-31)32-10-6-30(7-11-32)26-44-23-20-43-21-24-44;;/h8-10,12-17,30,43H,6-7,11,18-29H2,1-5H3;2*1H/t30-,38+;;/m0../s1. The zero-order valence-electron chi connectivity index (χ0n) is 30.0. The average molecular weight is 729 g/mol. The summed E-state index contributed by atoms with van der Waals surface area (Å²) in [5, 5.41) is 3.44. The Kier molecular flexibility index (Phi) is 15.0. The lowest BCUT2D eigenvalue weighted by Crippen LogP contribution is -2.47. The van der Waals surface area contributed by atoms with Crippen molar-refractivity contribution >= 4 is 30.4 Å². The van der Waals surface area contributed by atoms with Crippen LogP contribution in [0.15, 0.2) is 54.6 Å². The van der Waals surface area contributed by atoms with Gasteiger partial charge in [-0.15, -0.1) is 24.8 Å². The largest absolute Gasteiger partial charge is 0.497 e. The first-order chi connectivity index (χ1) is 22.3. The molecule has 1 aliphatic carbocycles. The highest BCUT2D eigenvalue weighted by Gasteiger charge is 2.48. The number of halogens is 5. The van der Waals surface area contributed by atoms with Crippen LogP contribution in [0, 0.1) is 11.3 Å². The summed E-state index contributed by atoms with van der Waals surface area (Å²) < 4.78 is 54.1. The summed E-state index contributed by atoms with van der Waals surface area (Å²) in [6.45, 7) is 14.1. The highest BCUT2D eigenvalue weighted by molar-refractivity contribution is 5.85. The minimum Gasteiger partial charge on any atom is -0.497 e. The second kappa shape index (κ2) is 17.6. The van der Waals surface area contributed by atoms with Gasteiger partial charge in [0.25, 0.3) is 0 Å². The second-order valence-corrected chi connectivity index (χ2v) is 15.5. The first-order valence-electron chi connectivity index (χ1n) is 17.6. The van der Waals surface area contributed by atoms with Crippen LogP contribution in [0.4, 0.5) is 13.2 Å². The SMILES string of the molecule is COc1ccc([C@]2(CCN(Cc3ccc(C4=CC[C@H](CN5CCNCC5)CC4)cc3)CC(C)(C)C(F)(F)F)CCOC(C)(C)C2)cc1.Cl.Cl. The Morgan fingerprint density at radius 2 is 1.67 bits per heavy atom. The van der Waals surface area contributed by atoms with E-state index in [1.54, 1.807) is 7.11 Å². The smallest absolute Gasteiger partial charge is 0.395 e. The van der Waals surface area contributed by atoms with Gasteiger partial charge in [0.1, 0.15) is 5.75 Å². The van der Waals surface area contributed by atoms with Gasteiger partial charge < -0.3 is 19.7 Å². The molecule has 0 radical (unpaired) electrons. The van der Waals surface area contributed by atoms with Crippen LogP contribution in [0.25, 0.3) is 5.57 Å². The van der Waals surface area contributed by atoms with Gasteiger partial charge >= 0.3 is 6.18 Å². The summed E-state index contributed by atoms with van der Waals surface area (Å²) in [7, 11) is 1.66. The average Bonchev–Trinajstić information content (AvgIpc) is 3.04. The van der Waals surface area contributed by atoms with Crippen molar-refractivity contribution in [2.45, 2.75) is 90.0 Å². The van der Waals surface area contributed by atoms with Crippen LogP contribution < -0.4 is 10.1 Å². The van der Waals surface area contributed by atoms with Crippen LogP contribution in [0.5, 0.6) is 5.75 Å². The third-order valence-corrected chi connectivity index (χ3v) is 10.8. The number of piperazine rings is 1. The Morgan fingerprint density at radius 3 is 2.24 bits per heavy atom. The molecule has 3 aliphatic rings. The monoisotopic (exact) mass is 727 g/mol. The van der Waals surface area contributed by atoms with Crippen molar-refractivity contribution in [3.63, 3.8) is 0 Å². The summed E-state index contributed by atoms with van der Waals surface area (Å²) in [6, 6.07) is 16.8. The third kappa shape index (κ3) is 11.1. The van der Waals surface area contributed by atoms with Crippen molar-refractivity contribution in [3.05, 3.63) is 71.3 Å². The number of nitrogens with zero attached hydrogens (tertiary/aromatic N) is 2. The normalized spacial score (nSPS) is 23.3. The van der Waals surface area contributed by atoms with Crippen molar-refractivity contribution in [1.82, 2.24) is 15.1 Å². The minimum atomic E-state index is -4.29. The van der Waals surface area contributed by atoms with Crippen molar-refractivity contribution in [2.75, 3.05) is 59.5 Å². The molecule has 2 atom stereocenters. The third-order valence-electron chi connectivity index (χ3n) is 10.8. The summed E-state index contributed by atoms with van der Waals surface area (Å²) in [6.07, 6.45) is 3.91. The van der Waals surface area contributed by atoms with Gasteiger partial charge in [-0.25, -0.2) is 0 Å². The van der Waals surface area contributed by atoms with Gasteiger partial charge in [0.2, 0.25) is 0 Å². The predicted octanol–water partition coefficient (Wildman–Crippen LogP) is 8.94. The summed E-state index contributed by atoms with van der Waals surface area (Å²) in [5.74, 6) is 1.51. The van der Waals surface area contributed by atoms with Crippen LogP contribution in [-0.4, -0.2) is 81.1 Å². The molecule has 10 heteroatoms. The Hall–Kier alpha value is -1.81. The Morgan fingerprint density at radius 1 is 1.00 bits per heavy atom. The lowest BCUT2D eigenvalue weighted by Gasteiger charge is -2.46. The van der Waals surface area contributed by atoms with Gasteiger partial charge in [0.05, 0.1) is 18.1 Å². The van der Waals surface area contributed by atoms with E-state index in [0.717, 1.165) is 69.6 Å². The number of benzene rings is 2. The quantitative estimate of drug-likeness (QED) is 0.236. The molecule has 0 bridgehead atoms. The van der Waals surface area contributed by atoms with Crippen molar-refractivity contribution in [3.8, 4) is 5.75 Å². The number of ether oxygens (including phenoxy) is 2. The van der Waals surface area contributed by atoms with E-state index >= 15 is 0 Å². The van der Waals surface area contributed by atoms with Crippen LogP contribution in [0.2, 0.25) is 0 Å². The molecule has 2 heterocycles. The lowest BCUT2D eigenvalue weighted by atomic mass is 9.67. The molecule has 0 amide bonds. The molecule has 2 aliphatic heterocycles. The van der Waals surface area contributed by atoms with E-state index < -0.39 is 11.6 Å². The van der Waals surface area contributed by atoms with E-state index in [0.29, 0.717) is 25.6 Å². The molecule has 5 rings (SSSR count). The summed E-state index contributed by atoms with van der Waals surface area (Å²) in [5.41, 5.74) is 2.53. The summed E-state index contributed by atoms with van der Waals surface area (Å²) >= 11 is 0. The summed E-state index contributed by atoms with van der Waals surface area (Å²) in [4.78, 5) is 4.61. The topological polar surface area (TPSA) is 37.0 Å². The Bertz CT molecular complexity index is 1330. The number of nitrogens with one attached hydrogen (secondary N) is 1. The predicted molar refractivity (Wildman–Crippen MR) is 199 cm³/mol. The van der Waals surface area contributed by atoms with Crippen LogP contribution >= 0.6 is 24.8 Å². The molecule has 5 nitrogen and oxygen atoms in total. The van der Waals surface area contributed by atoms with Crippen LogP contribution in [-0.2, 0) is 16.7 Å². The number of allylic oxidation sites excluding steroid dienone is 2. The van der Waals surface area contributed by atoms with Crippen molar-refractivity contribution in [2.24, 2.45) is 11.3 Å². The number of hydrogen-bond donors (Lipinski definition) is 1. The Labute approximate surface area is 305 Å². The fraction of sp³-hybridized carbons (Fsp3) is 0.641. The number of alkyl halides is 3. The minimum absolute atomic E-state index is 0. The number of rotatable bonds is 12. The molecule has 0 spiro atoms. The zero-order chi connectivity index (χ0) is 33.7. The maximum atomic E-state index is 14.2. The van der Waals surface area contributed by atoms with Gasteiger partial charge in [-0.3, -0.25) is 4.90 Å². The van der Waals surface area contributed by atoms with Crippen LogP contribution in [0.3, 0.4) is 0 Å². The molecule has 276 valence electrons. The van der Waals surface area contributed by atoms with E-state index in [9.17, 15) is 13.2 Å².